The van der Waals surface area contributed by atoms with Gasteiger partial charge in [-0.15, -0.1) is 0 Å². The smallest absolute Gasteiger partial charge is 0.220 e. The Bertz CT molecular complexity index is 577. The van der Waals surface area contributed by atoms with Crippen molar-refractivity contribution in [2.75, 3.05) is 6.54 Å². The lowest BCUT2D eigenvalue weighted by Gasteiger charge is -2.02. The summed E-state index contributed by atoms with van der Waals surface area (Å²) in [5.74, 6) is 0.881. The Morgan fingerprint density at radius 3 is 2.80 bits per heavy atom. The molecule has 1 aromatic heterocycles. The normalized spacial score (nSPS) is 10.5. The van der Waals surface area contributed by atoms with Crippen LogP contribution in [0.1, 0.15) is 25.5 Å². The number of halogens is 1. The van der Waals surface area contributed by atoms with Gasteiger partial charge in [0.2, 0.25) is 5.91 Å². The lowest BCUT2D eigenvalue weighted by molar-refractivity contribution is -0.121. The quantitative estimate of drug-likeness (QED) is 0.876. The van der Waals surface area contributed by atoms with Gasteiger partial charge in [-0.2, -0.15) is 0 Å². The van der Waals surface area contributed by atoms with E-state index in [0.717, 1.165) is 6.42 Å². The molecule has 0 spiro atoms. The van der Waals surface area contributed by atoms with Gasteiger partial charge in [-0.3, -0.25) is 4.79 Å². The molecule has 0 aliphatic heterocycles. The van der Waals surface area contributed by atoms with Crippen molar-refractivity contribution in [3.05, 3.63) is 48.0 Å². The molecule has 4 heteroatoms. The highest BCUT2D eigenvalue weighted by molar-refractivity contribution is 5.76. The van der Waals surface area contributed by atoms with Gasteiger partial charge in [-0.25, -0.2) is 4.39 Å². The third-order valence-electron chi connectivity index (χ3n) is 2.97. The molecule has 1 N–H and O–H groups in total. The number of carbonyl (C=O) groups excluding carboxylic acids is 1. The first-order chi connectivity index (χ1) is 9.70. The number of nitrogens with one attached hydrogen (secondary N) is 1. The summed E-state index contributed by atoms with van der Waals surface area (Å²) in [5, 5.41) is 2.81. The number of aryl methyl sites for hydroxylation is 1. The van der Waals surface area contributed by atoms with Crippen molar-refractivity contribution in [1.29, 1.82) is 0 Å². The monoisotopic (exact) mass is 275 g/mol. The highest BCUT2D eigenvalue weighted by Gasteiger charge is 2.10. The molecule has 20 heavy (non-hydrogen) atoms. The molecule has 0 unspecified atom stereocenters. The number of hydrogen-bond acceptors (Lipinski definition) is 2. The Balaban J connectivity index is 1.96. The molecule has 0 saturated carbocycles. The van der Waals surface area contributed by atoms with Crippen LogP contribution in [0.2, 0.25) is 0 Å². The van der Waals surface area contributed by atoms with Gasteiger partial charge in [0, 0.05) is 19.4 Å². The second kappa shape index (κ2) is 6.89. The number of rotatable bonds is 6. The van der Waals surface area contributed by atoms with E-state index in [1.807, 2.05) is 6.92 Å². The van der Waals surface area contributed by atoms with E-state index in [1.54, 1.807) is 30.3 Å². The van der Waals surface area contributed by atoms with Crippen LogP contribution in [0.3, 0.4) is 0 Å². The minimum atomic E-state index is -0.311. The molecule has 1 heterocycles. The molecule has 2 aromatic rings. The molecule has 0 radical (unpaired) electrons. The van der Waals surface area contributed by atoms with Crippen molar-refractivity contribution in [1.82, 2.24) is 5.32 Å². The Kier molecular flexibility index (Phi) is 4.93. The minimum Gasteiger partial charge on any atom is -0.461 e. The van der Waals surface area contributed by atoms with E-state index in [2.05, 4.69) is 5.32 Å². The largest absolute Gasteiger partial charge is 0.461 e. The Labute approximate surface area is 117 Å². The molecule has 1 aromatic carbocycles. The van der Waals surface area contributed by atoms with Crippen LogP contribution in [0.15, 0.2) is 40.8 Å². The predicted octanol–water partition coefficient (Wildman–Crippen LogP) is 3.54. The number of carbonyl (C=O) groups is 1. The van der Waals surface area contributed by atoms with Crippen LogP contribution in [0.25, 0.3) is 11.3 Å². The fourth-order valence-electron chi connectivity index (χ4n) is 1.91. The molecule has 1 amide bonds. The van der Waals surface area contributed by atoms with Gasteiger partial charge in [0.15, 0.2) is 0 Å². The van der Waals surface area contributed by atoms with E-state index in [4.69, 9.17) is 4.42 Å². The molecule has 0 fully saturated rings. The minimum absolute atomic E-state index is 0.00990. The lowest BCUT2D eigenvalue weighted by Crippen LogP contribution is -2.24. The zero-order chi connectivity index (χ0) is 14.4. The molecule has 2 rings (SSSR count). The van der Waals surface area contributed by atoms with E-state index in [1.165, 1.54) is 6.07 Å². The van der Waals surface area contributed by atoms with Crippen molar-refractivity contribution in [3.63, 3.8) is 0 Å². The molecule has 106 valence electrons. The molecule has 0 saturated heterocycles. The Hall–Kier alpha value is -2.10. The van der Waals surface area contributed by atoms with E-state index in [0.29, 0.717) is 36.5 Å². The molecule has 0 atom stereocenters. The average molecular weight is 275 g/mol. The fourth-order valence-corrected chi connectivity index (χ4v) is 1.91. The van der Waals surface area contributed by atoms with Gasteiger partial charge in [0.05, 0.1) is 5.56 Å². The lowest BCUT2D eigenvalue weighted by atomic mass is 10.1. The Morgan fingerprint density at radius 2 is 2.05 bits per heavy atom. The first kappa shape index (κ1) is 14.3. The van der Waals surface area contributed by atoms with E-state index in [-0.39, 0.29) is 11.7 Å². The van der Waals surface area contributed by atoms with E-state index in [9.17, 15) is 9.18 Å². The third kappa shape index (κ3) is 3.70. The van der Waals surface area contributed by atoms with Crippen molar-refractivity contribution in [2.24, 2.45) is 0 Å². The SMILES string of the molecule is CCCNC(=O)CCc1ccc(-c2ccccc2F)o1. The number of furan rings is 1. The molecule has 3 nitrogen and oxygen atoms in total. The molecule has 0 bridgehead atoms. The summed E-state index contributed by atoms with van der Waals surface area (Å²) in [4.78, 5) is 11.5. The van der Waals surface area contributed by atoms with Crippen LogP contribution in [-0.4, -0.2) is 12.5 Å². The third-order valence-corrected chi connectivity index (χ3v) is 2.97. The maximum atomic E-state index is 13.6. The van der Waals surface area contributed by atoms with E-state index >= 15 is 0 Å². The van der Waals surface area contributed by atoms with Crippen LogP contribution in [0, 0.1) is 5.82 Å². The molecule has 0 aliphatic carbocycles. The number of amides is 1. The summed E-state index contributed by atoms with van der Waals surface area (Å²) >= 11 is 0. The number of benzene rings is 1. The van der Waals surface area contributed by atoms with Crippen LogP contribution in [-0.2, 0) is 11.2 Å². The average Bonchev–Trinajstić information content (AvgIpc) is 2.92. The van der Waals surface area contributed by atoms with Crippen molar-refractivity contribution in [2.45, 2.75) is 26.2 Å². The summed E-state index contributed by atoms with van der Waals surface area (Å²) in [5.41, 5.74) is 0.439. The molecular formula is C16H18FNO2. The summed E-state index contributed by atoms with van der Waals surface area (Å²) in [7, 11) is 0. The summed E-state index contributed by atoms with van der Waals surface area (Å²) in [6.45, 7) is 2.70. The number of hydrogen-bond donors (Lipinski definition) is 1. The molecular weight excluding hydrogens is 257 g/mol. The van der Waals surface area contributed by atoms with Crippen LogP contribution in [0.5, 0.6) is 0 Å². The second-order valence-electron chi connectivity index (χ2n) is 4.60. The maximum absolute atomic E-state index is 13.6. The van der Waals surface area contributed by atoms with E-state index < -0.39 is 0 Å². The summed E-state index contributed by atoms with van der Waals surface area (Å²) in [6, 6.07) is 9.99. The van der Waals surface area contributed by atoms with Gasteiger partial charge >= 0.3 is 0 Å². The standard InChI is InChI=1S/C16H18FNO2/c1-2-11-18-16(19)10-8-12-7-9-15(20-12)13-5-3-4-6-14(13)17/h3-7,9H,2,8,10-11H2,1H3,(H,18,19). The van der Waals surface area contributed by atoms with Gasteiger partial charge in [0.1, 0.15) is 17.3 Å². The van der Waals surface area contributed by atoms with Crippen molar-refractivity contribution in [3.8, 4) is 11.3 Å². The molecule has 0 aliphatic rings. The Morgan fingerprint density at radius 1 is 1.25 bits per heavy atom. The van der Waals surface area contributed by atoms with Crippen molar-refractivity contribution >= 4 is 5.91 Å². The topological polar surface area (TPSA) is 42.2 Å². The van der Waals surface area contributed by atoms with Crippen LogP contribution < -0.4 is 5.32 Å². The second-order valence-corrected chi connectivity index (χ2v) is 4.60. The summed E-state index contributed by atoms with van der Waals surface area (Å²) in [6.07, 6.45) is 1.82. The zero-order valence-electron chi connectivity index (χ0n) is 11.5. The first-order valence-corrected chi connectivity index (χ1v) is 6.81. The van der Waals surface area contributed by atoms with Gasteiger partial charge < -0.3 is 9.73 Å². The van der Waals surface area contributed by atoms with Crippen LogP contribution >= 0.6 is 0 Å². The highest BCUT2D eigenvalue weighted by atomic mass is 19.1. The van der Waals surface area contributed by atoms with Gasteiger partial charge in [0.25, 0.3) is 0 Å². The predicted molar refractivity (Wildman–Crippen MR) is 75.7 cm³/mol. The van der Waals surface area contributed by atoms with Crippen molar-refractivity contribution < 1.29 is 13.6 Å². The van der Waals surface area contributed by atoms with Gasteiger partial charge in [-0.05, 0) is 30.7 Å². The first-order valence-electron chi connectivity index (χ1n) is 6.81. The summed E-state index contributed by atoms with van der Waals surface area (Å²) < 4.78 is 19.2. The zero-order valence-corrected chi connectivity index (χ0v) is 11.5. The van der Waals surface area contributed by atoms with Gasteiger partial charge in [-0.1, -0.05) is 19.1 Å². The maximum Gasteiger partial charge on any atom is 0.220 e. The van der Waals surface area contributed by atoms with Crippen LogP contribution in [0.4, 0.5) is 4.39 Å². The highest BCUT2D eigenvalue weighted by Crippen LogP contribution is 2.25. The fraction of sp³-hybridized carbons (Fsp3) is 0.312.